The molecule has 1 aliphatic carbocycles. The van der Waals surface area contributed by atoms with Crippen molar-refractivity contribution in [1.29, 1.82) is 0 Å². The summed E-state index contributed by atoms with van der Waals surface area (Å²) in [5, 5.41) is 7.00. The predicted molar refractivity (Wildman–Crippen MR) is 149 cm³/mol. The highest BCUT2D eigenvalue weighted by Gasteiger charge is 2.10. The molecule has 0 amide bonds. The van der Waals surface area contributed by atoms with E-state index in [9.17, 15) is 4.79 Å². The maximum absolute atomic E-state index is 10.3. The topological polar surface area (TPSA) is 63.6 Å². The largest absolute Gasteiger partial charge is 0.497 e. The van der Waals surface area contributed by atoms with Crippen LogP contribution in [0.5, 0.6) is 0 Å². The fourth-order valence-corrected chi connectivity index (χ4v) is 3.65. The zero-order chi connectivity index (χ0) is 26.8. The summed E-state index contributed by atoms with van der Waals surface area (Å²) in [4.78, 5) is 18.3. The number of rotatable bonds is 6. The Kier molecular flexibility index (Phi) is 14.8. The van der Waals surface area contributed by atoms with Crippen LogP contribution in [0.25, 0.3) is 11.1 Å². The van der Waals surface area contributed by atoms with Crippen LogP contribution in [0.1, 0.15) is 41.0 Å². The maximum atomic E-state index is 10.3. The van der Waals surface area contributed by atoms with Gasteiger partial charge in [-0.15, -0.1) is 0 Å². The van der Waals surface area contributed by atoms with Crippen molar-refractivity contribution in [2.75, 3.05) is 14.2 Å². The molecule has 3 aromatic rings. The first-order chi connectivity index (χ1) is 17.6. The Balaban J connectivity index is 0.000000318. The molecule has 0 spiro atoms. The Morgan fingerprint density at radius 3 is 1.81 bits per heavy atom. The molecule has 4 heteroatoms. The second-order valence-corrected chi connectivity index (χ2v) is 8.19. The number of hydrogen-bond donors (Lipinski definition) is 1. The van der Waals surface area contributed by atoms with Gasteiger partial charge in [0, 0.05) is 19.4 Å². The smallest absolute Gasteiger partial charge is 0.120 e. The van der Waals surface area contributed by atoms with Crippen molar-refractivity contribution >= 4 is 13.1 Å². The number of methoxy groups -OCH3 is 1. The Labute approximate surface area is 216 Å². The molecule has 4 nitrogen and oxygen atoms in total. The number of aliphatic hydroxyl groups excluding tert-OH is 1. The third kappa shape index (κ3) is 10.2. The zero-order valence-electron chi connectivity index (χ0n) is 21.8. The van der Waals surface area contributed by atoms with E-state index in [1.54, 1.807) is 7.11 Å². The van der Waals surface area contributed by atoms with E-state index in [2.05, 4.69) is 98.8 Å². The number of aryl methyl sites for hydroxylation is 3. The minimum atomic E-state index is 0.504. The second-order valence-electron chi connectivity index (χ2n) is 8.19. The van der Waals surface area contributed by atoms with Crippen LogP contribution in [0.4, 0.5) is 0 Å². The monoisotopic (exact) mass is 486 g/mol. The van der Waals surface area contributed by atoms with Crippen LogP contribution in [0.3, 0.4) is 0 Å². The highest BCUT2D eigenvalue weighted by atomic mass is 16.5. The maximum Gasteiger partial charge on any atom is 0.120 e. The van der Waals surface area contributed by atoms with Crippen molar-refractivity contribution in [3.8, 4) is 11.1 Å². The molecule has 0 bridgehead atoms. The van der Waals surface area contributed by atoms with Gasteiger partial charge in [-0.2, -0.15) is 0 Å². The fraction of sp³-hybridized carbons (Fsp3) is 0.250. The van der Waals surface area contributed by atoms with E-state index < -0.39 is 0 Å². The van der Waals surface area contributed by atoms with Gasteiger partial charge in [-0.3, -0.25) is 0 Å². The van der Waals surface area contributed by atoms with Crippen LogP contribution in [0, 0.1) is 13.8 Å². The summed E-state index contributed by atoms with van der Waals surface area (Å²) < 4.78 is 5.17. The van der Waals surface area contributed by atoms with Gasteiger partial charge in [-0.05, 0) is 61.1 Å². The summed E-state index contributed by atoms with van der Waals surface area (Å²) in [7, 11) is 2.71. The van der Waals surface area contributed by atoms with Gasteiger partial charge in [0.1, 0.15) is 18.8 Å². The number of ether oxygens (including phenoxy) is 1. The summed E-state index contributed by atoms with van der Waals surface area (Å²) in [6.07, 6.45) is 9.83. The summed E-state index contributed by atoms with van der Waals surface area (Å²) in [6.45, 7) is 6.20. The molecule has 1 aliphatic rings. The Bertz CT molecular complexity index is 1060. The van der Waals surface area contributed by atoms with Gasteiger partial charge in [0.05, 0.1) is 7.11 Å². The first-order valence-electron chi connectivity index (χ1n) is 11.9. The van der Waals surface area contributed by atoms with Gasteiger partial charge < -0.3 is 19.4 Å². The van der Waals surface area contributed by atoms with E-state index in [1.807, 2.05) is 12.9 Å². The number of carbonyl (C=O) groups excluding carboxylic acids is 2. The van der Waals surface area contributed by atoms with Crippen molar-refractivity contribution in [1.82, 2.24) is 0 Å². The lowest BCUT2D eigenvalue weighted by atomic mass is 9.92. The van der Waals surface area contributed by atoms with Crippen molar-refractivity contribution in [3.63, 3.8) is 0 Å². The van der Waals surface area contributed by atoms with E-state index in [4.69, 9.17) is 14.6 Å². The average molecular weight is 487 g/mol. The molecular weight excluding hydrogens is 448 g/mol. The zero-order valence-corrected chi connectivity index (χ0v) is 21.8. The molecule has 36 heavy (non-hydrogen) atoms. The van der Waals surface area contributed by atoms with E-state index in [-0.39, 0.29) is 0 Å². The first-order valence-corrected chi connectivity index (χ1v) is 11.9. The minimum absolute atomic E-state index is 0.504. The van der Waals surface area contributed by atoms with Crippen molar-refractivity contribution in [2.45, 2.75) is 39.0 Å². The average Bonchev–Trinajstić information content (AvgIpc) is 2.96. The minimum Gasteiger partial charge on any atom is -0.497 e. The number of carbonyl (C=O) groups is 2. The lowest BCUT2D eigenvalue weighted by Crippen LogP contribution is -1.99. The molecule has 1 unspecified atom stereocenters. The molecule has 3 aromatic carbocycles. The van der Waals surface area contributed by atoms with Crippen LogP contribution < -0.4 is 0 Å². The first kappa shape index (κ1) is 30.3. The molecule has 0 aliphatic heterocycles. The van der Waals surface area contributed by atoms with Gasteiger partial charge in [0.25, 0.3) is 0 Å². The number of allylic oxidation sites excluding steroid dienone is 3. The normalized spacial score (nSPS) is 13.4. The van der Waals surface area contributed by atoms with Gasteiger partial charge in [0.2, 0.25) is 0 Å². The number of hydrogen-bond acceptors (Lipinski definition) is 4. The summed E-state index contributed by atoms with van der Waals surface area (Å²) >= 11 is 0. The molecule has 0 fully saturated rings. The van der Waals surface area contributed by atoms with Crippen LogP contribution in [0.15, 0.2) is 96.8 Å². The molecule has 4 rings (SSSR count). The number of aliphatic hydroxyl groups is 1. The Morgan fingerprint density at radius 2 is 1.36 bits per heavy atom. The van der Waals surface area contributed by atoms with Gasteiger partial charge in [-0.25, -0.2) is 0 Å². The van der Waals surface area contributed by atoms with E-state index in [1.165, 1.54) is 33.4 Å². The third-order valence-electron chi connectivity index (χ3n) is 5.70. The highest BCUT2D eigenvalue weighted by Crippen LogP contribution is 2.27. The molecule has 1 N–H and O–H groups in total. The summed E-state index contributed by atoms with van der Waals surface area (Å²) in [5.74, 6) is 1.47. The van der Waals surface area contributed by atoms with E-state index in [0.717, 1.165) is 32.0 Å². The number of aldehydes is 1. The second kappa shape index (κ2) is 17.6. The van der Waals surface area contributed by atoms with Gasteiger partial charge in [0.15, 0.2) is 0 Å². The fourth-order valence-electron chi connectivity index (χ4n) is 3.65. The van der Waals surface area contributed by atoms with E-state index >= 15 is 0 Å². The lowest BCUT2D eigenvalue weighted by Gasteiger charge is -2.16. The standard InChI is InChI=1S/C16H16O.C14H16O.CH4O.CH2O/c1-13-4-8-15(9-5-13)16-10-6-14(7-11-16)3-2-12-17;1-11-3-5-12(6-4-11)13-7-9-14(15-2)10-8-13;2*1-2/h4-12H,2-3H2,1H3;3-7,9-10,13H,8H2,1-2H3;2H,1H3;1H2. The molecule has 0 saturated carbocycles. The Morgan fingerprint density at radius 1 is 0.861 bits per heavy atom. The predicted octanol–water partition coefficient (Wildman–Crippen LogP) is 6.79. The summed E-state index contributed by atoms with van der Waals surface area (Å²) in [6, 6.07) is 25.7. The molecule has 190 valence electrons. The Hall–Kier alpha value is -3.76. The quantitative estimate of drug-likeness (QED) is 0.390. The molecule has 0 heterocycles. The lowest BCUT2D eigenvalue weighted by molar-refractivity contribution is -0.107. The molecule has 0 radical (unpaired) electrons. The van der Waals surface area contributed by atoms with Gasteiger partial charge >= 0.3 is 0 Å². The van der Waals surface area contributed by atoms with Crippen LogP contribution in [-0.4, -0.2) is 32.4 Å². The van der Waals surface area contributed by atoms with Crippen LogP contribution >= 0.6 is 0 Å². The van der Waals surface area contributed by atoms with Crippen LogP contribution in [0.2, 0.25) is 0 Å². The SMILES string of the molecule is C=O.CO.COC1=CCC(c2ccc(C)cc2)C=C1.Cc1ccc(-c2ccc(CCC=O)cc2)cc1. The van der Waals surface area contributed by atoms with Gasteiger partial charge in [-0.1, -0.05) is 90.0 Å². The van der Waals surface area contributed by atoms with Crippen molar-refractivity contribution < 1.29 is 19.4 Å². The van der Waals surface area contributed by atoms with Crippen LogP contribution in [-0.2, 0) is 20.7 Å². The van der Waals surface area contributed by atoms with Crippen molar-refractivity contribution in [2.24, 2.45) is 0 Å². The third-order valence-corrected chi connectivity index (χ3v) is 5.70. The van der Waals surface area contributed by atoms with E-state index in [0.29, 0.717) is 12.3 Å². The molecule has 1 atom stereocenters. The summed E-state index contributed by atoms with van der Waals surface area (Å²) in [5.41, 5.74) is 7.64. The highest BCUT2D eigenvalue weighted by molar-refractivity contribution is 5.64. The van der Waals surface area contributed by atoms with Crippen molar-refractivity contribution in [3.05, 3.63) is 119 Å². The molecular formula is C32H38O4. The number of benzene rings is 3. The molecule has 0 saturated heterocycles. The molecule has 0 aromatic heterocycles.